The van der Waals surface area contributed by atoms with Gasteiger partial charge in [-0.15, -0.1) is 11.3 Å². The average Bonchev–Trinajstić information content (AvgIpc) is 2.95. The van der Waals surface area contributed by atoms with E-state index in [0.717, 1.165) is 0 Å². The zero-order valence-corrected chi connectivity index (χ0v) is 14.6. The van der Waals surface area contributed by atoms with Crippen LogP contribution < -0.4 is 10.1 Å². The van der Waals surface area contributed by atoms with E-state index in [-0.39, 0.29) is 17.2 Å². The third-order valence-corrected chi connectivity index (χ3v) is 3.84. The third-order valence-electron chi connectivity index (χ3n) is 2.94. The number of aromatic nitrogens is 1. The highest BCUT2D eigenvalue weighted by atomic mass is 32.1. The fourth-order valence-corrected chi connectivity index (χ4v) is 2.71. The average molecular weight is 348 g/mol. The molecule has 0 radical (unpaired) electrons. The SMILES string of the molecule is CC(C)(C)Oc1ccc(C(=O)NCCc2nc(C(=O)O)cs2)cc1. The molecule has 0 aliphatic rings. The van der Waals surface area contributed by atoms with Crippen LogP contribution in [0.5, 0.6) is 5.75 Å². The normalized spacial score (nSPS) is 11.1. The first kappa shape index (κ1) is 17.9. The lowest BCUT2D eigenvalue weighted by Crippen LogP contribution is -2.26. The van der Waals surface area contributed by atoms with Crippen molar-refractivity contribution < 1.29 is 19.4 Å². The van der Waals surface area contributed by atoms with E-state index in [1.54, 1.807) is 24.3 Å². The number of benzene rings is 1. The zero-order valence-electron chi connectivity index (χ0n) is 13.8. The van der Waals surface area contributed by atoms with Crippen molar-refractivity contribution in [2.45, 2.75) is 32.8 Å². The Labute approximate surface area is 144 Å². The molecule has 2 N–H and O–H groups in total. The van der Waals surface area contributed by atoms with Crippen molar-refractivity contribution >= 4 is 23.2 Å². The molecular formula is C17H20N2O4S. The van der Waals surface area contributed by atoms with Gasteiger partial charge in [-0.05, 0) is 45.0 Å². The number of hydrogen-bond donors (Lipinski definition) is 2. The maximum absolute atomic E-state index is 12.1. The molecular weight excluding hydrogens is 328 g/mol. The van der Waals surface area contributed by atoms with Gasteiger partial charge in [0.25, 0.3) is 5.91 Å². The van der Waals surface area contributed by atoms with Crippen molar-refractivity contribution in [2.24, 2.45) is 0 Å². The number of nitrogens with zero attached hydrogens (tertiary/aromatic N) is 1. The Balaban J connectivity index is 1.84. The van der Waals surface area contributed by atoms with E-state index in [4.69, 9.17) is 9.84 Å². The standard InChI is InChI=1S/C17H20N2O4S/c1-17(2,3)23-12-6-4-11(5-7-12)15(20)18-9-8-14-19-13(10-24-14)16(21)22/h4-7,10H,8-9H2,1-3H3,(H,18,20)(H,21,22). The first-order valence-corrected chi connectivity index (χ1v) is 8.37. The molecule has 0 fully saturated rings. The summed E-state index contributed by atoms with van der Waals surface area (Å²) in [7, 11) is 0. The minimum absolute atomic E-state index is 0.0377. The molecule has 0 saturated heterocycles. The molecule has 0 unspecified atom stereocenters. The van der Waals surface area contributed by atoms with E-state index < -0.39 is 5.97 Å². The Morgan fingerprint density at radius 3 is 2.46 bits per heavy atom. The largest absolute Gasteiger partial charge is 0.488 e. The van der Waals surface area contributed by atoms with Crippen LogP contribution >= 0.6 is 11.3 Å². The van der Waals surface area contributed by atoms with E-state index in [1.807, 2.05) is 20.8 Å². The van der Waals surface area contributed by atoms with Crippen molar-refractivity contribution in [3.05, 3.63) is 45.9 Å². The molecule has 2 rings (SSSR count). The number of hydrogen-bond acceptors (Lipinski definition) is 5. The van der Waals surface area contributed by atoms with Gasteiger partial charge >= 0.3 is 5.97 Å². The molecule has 1 aromatic heterocycles. The van der Waals surface area contributed by atoms with Crippen molar-refractivity contribution in [2.75, 3.05) is 6.54 Å². The number of ether oxygens (including phenoxy) is 1. The van der Waals surface area contributed by atoms with E-state index in [9.17, 15) is 9.59 Å². The predicted octanol–water partition coefficient (Wildman–Crippen LogP) is 2.99. The van der Waals surface area contributed by atoms with Crippen molar-refractivity contribution in [3.8, 4) is 5.75 Å². The highest BCUT2D eigenvalue weighted by Crippen LogP contribution is 2.18. The van der Waals surface area contributed by atoms with E-state index in [1.165, 1.54) is 16.7 Å². The Morgan fingerprint density at radius 1 is 1.25 bits per heavy atom. The number of carboxylic acid groups (broad SMARTS) is 1. The van der Waals surface area contributed by atoms with Crippen LogP contribution in [-0.2, 0) is 6.42 Å². The number of nitrogens with one attached hydrogen (secondary N) is 1. The Morgan fingerprint density at radius 2 is 1.92 bits per heavy atom. The molecule has 1 aromatic carbocycles. The van der Waals surface area contributed by atoms with Crippen LogP contribution in [-0.4, -0.2) is 34.1 Å². The minimum atomic E-state index is -1.04. The molecule has 0 bridgehead atoms. The number of thiazole rings is 1. The zero-order chi connectivity index (χ0) is 17.7. The second-order valence-electron chi connectivity index (χ2n) is 6.18. The van der Waals surface area contributed by atoms with Crippen LogP contribution in [0.25, 0.3) is 0 Å². The molecule has 128 valence electrons. The van der Waals surface area contributed by atoms with E-state index in [2.05, 4.69) is 10.3 Å². The summed E-state index contributed by atoms with van der Waals surface area (Å²) in [5.41, 5.74) is 0.295. The maximum Gasteiger partial charge on any atom is 0.355 e. The van der Waals surface area contributed by atoms with Crippen LogP contribution in [0, 0.1) is 0 Å². The lowest BCUT2D eigenvalue weighted by molar-refractivity contribution is 0.0690. The number of amides is 1. The van der Waals surface area contributed by atoms with Gasteiger partial charge in [0.2, 0.25) is 0 Å². The van der Waals surface area contributed by atoms with Crippen molar-refractivity contribution in [1.82, 2.24) is 10.3 Å². The van der Waals surface area contributed by atoms with Gasteiger partial charge < -0.3 is 15.2 Å². The van der Waals surface area contributed by atoms with Crippen LogP contribution in [0.2, 0.25) is 0 Å². The smallest absolute Gasteiger partial charge is 0.355 e. The molecule has 0 atom stereocenters. The maximum atomic E-state index is 12.1. The summed E-state index contributed by atoms with van der Waals surface area (Å²) in [6.07, 6.45) is 0.495. The molecule has 0 aliphatic carbocycles. The van der Waals surface area contributed by atoms with Crippen LogP contribution in [0.1, 0.15) is 46.6 Å². The number of rotatable bonds is 6. The van der Waals surface area contributed by atoms with E-state index in [0.29, 0.717) is 29.3 Å². The minimum Gasteiger partial charge on any atom is -0.488 e. The van der Waals surface area contributed by atoms with E-state index >= 15 is 0 Å². The van der Waals surface area contributed by atoms with Gasteiger partial charge in [0.1, 0.15) is 11.4 Å². The molecule has 0 aliphatic heterocycles. The molecule has 24 heavy (non-hydrogen) atoms. The van der Waals surface area contributed by atoms with Crippen LogP contribution in [0.15, 0.2) is 29.6 Å². The van der Waals surface area contributed by atoms with Crippen molar-refractivity contribution in [3.63, 3.8) is 0 Å². The van der Waals surface area contributed by atoms with Crippen molar-refractivity contribution in [1.29, 1.82) is 0 Å². The molecule has 1 amide bonds. The highest BCUT2D eigenvalue weighted by molar-refractivity contribution is 7.09. The second-order valence-corrected chi connectivity index (χ2v) is 7.12. The summed E-state index contributed by atoms with van der Waals surface area (Å²) in [5, 5.41) is 13.8. The molecule has 0 spiro atoms. The van der Waals surface area contributed by atoms with Gasteiger partial charge in [-0.3, -0.25) is 4.79 Å². The number of carbonyl (C=O) groups excluding carboxylic acids is 1. The molecule has 6 nitrogen and oxygen atoms in total. The summed E-state index contributed by atoms with van der Waals surface area (Å²) < 4.78 is 5.71. The Bertz CT molecular complexity index is 717. The Hall–Kier alpha value is -2.41. The molecule has 2 aromatic rings. The summed E-state index contributed by atoms with van der Waals surface area (Å²) in [6, 6.07) is 6.95. The highest BCUT2D eigenvalue weighted by Gasteiger charge is 2.13. The molecule has 1 heterocycles. The fraction of sp³-hybridized carbons (Fsp3) is 0.353. The quantitative estimate of drug-likeness (QED) is 0.838. The summed E-state index contributed by atoms with van der Waals surface area (Å²) in [4.78, 5) is 26.8. The second kappa shape index (κ2) is 7.44. The number of carbonyl (C=O) groups is 2. The van der Waals surface area contributed by atoms with Gasteiger partial charge in [0.05, 0.1) is 5.01 Å². The first-order valence-electron chi connectivity index (χ1n) is 7.49. The summed E-state index contributed by atoms with van der Waals surface area (Å²) in [6.45, 7) is 6.28. The van der Waals surface area contributed by atoms with Crippen LogP contribution in [0.4, 0.5) is 0 Å². The lowest BCUT2D eigenvalue weighted by Gasteiger charge is -2.21. The third kappa shape index (κ3) is 5.34. The van der Waals surface area contributed by atoms with Crippen LogP contribution in [0.3, 0.4) is 0 Å². The molecule has 7 heteroatoms. The summed E-state index contributed by atoms with van der Waals surface area (Å²) in [5.74, 6) is -0.519. The van der Waals surface area contributed by atoms with Gasteiger partial charge in [-0.25, -0.2) is 9.78 Å². The predicted molar refractivity (Wildman–Crippen MR) is 91.9 cm³/mol. The molecule has 0 saturated carbocycles. The number of aromatic carboxylic acids is 1. The van der Waals surface area contributed by atoms with Gasteiger partial charge in [-0.1, -0.05) is 0 Å². The first-order chi connectivity index (χ1) is 11.2. The lowest BCUT2D eigenvalue weighted by atomic mass is 10.1. The number of carboxylic acids is 1. The topological polar surface area (TPSA) is 88.5 Å². The summed E-state index contributed by atoms with van der Waals surface area (Å²) >= 11 is 1.27. The fourth-order valence-electron chi connectivity index (χ4n) is 1.94. The monoisotopic (exact) mass is 348 g/mol. The van der Waals surface area contributed by atoms with Gasteiger partial charge in [-0.2, -0.15) is 0 Å². The Kier molecular flexibility index (Phi) is 5.56. The van der Waals surface area contributed by atoms with Gasteiger partial charge in [0, 0.05) is 23.9 Å². The van der Waals surface area contributed by atoms with Gasteiger partial charge in [0.15, 0.2) is 5.69 Å².